The Morgan fingerprint density at radius 3 is 2.88 bits per heavy atom. The zero-order valence-corrected chi connectivity index (χ0v) is 10.0. The van der Waals surface area contributed by atoms with Crippen molar-refractivity contribution in [3.05, 3.63) is 18.7 Å². The molecule has 0 spiro atoms. The molecule has 0 aliphatic heterocycles. The van der Waals surface area contributed by atoms with E-state index in [-0.39, 0.29) is 5.91 Å². The Morgan fingerprint density at radius 2 is 2.25 bits per heavy atom. The molecular weight excluding hydrogens is 204 g/mol. The minimum Gasteiger partial charge on any atom is -0.349 e. The Bertz CT molecular complexity index is 295. The highest BCUT2D eigenvalue weighted by Crippen LogP contribution is 1.91. The molecule has 0 aliphatic rings. The van der Waals surface area contributed by atoms with Crippen molar-refractivity contribution < 1.29 is 4.79 Å². The molecule has 16 heavy (non-hydrogen) atoms. The van der Waals surface area contributed by atoms with Crippen molar-refractivity contribution in [2.24, 2.45) is 0 Å². The summed E-state index contributed by atoms with van der Waals surface area (Å²) in [4.78, 5) is 16.8. The number of imidazole rings is 1. The topological polar surface area (TPSA) is 50.2 Å². The second-order valence-corrected chi connectivity index (χ2v) is 3.94. The van der Waals surface area contributed by atoms with E-state index < -0.39 is 0 Å². The van der Waals surface area contributed by atoms with Gasteiger partial charge in [0.1, 0.15) is 0 Å². The molecule has 5 nitrogen and oxygen atoms in total. The molecule has 1 rings (SSSR count). The lowest BCUT2D eigenvalue weighted by Crippen LogP contribution is -2.24. The Hall–Kier alpha value is -1.36. The van der Waals surface area contributed by atoms with E-state index in [2.05, 4.69) is 10.3 Å². The highest BCUT2D eigenvalue weighted by Gasteiger charge is 2.01. The van der Waals surface area contributed by atoms with Crippen LogP contribution in [0.25, 0.3) is 0 Å². The molecule has 1 aromatic rings. The van der Waals surface area contributed by atoms with E-state index in [1.165, 1.54) is 0 Å². The summed E-state index contributed by atoms with van der Waals surface area (Å²) in [6.45, 7) is 2.71. The summed E-state index contributed by atoms with van der Waals surface area (Å²) in [6, 6.07) is 0. The van der Waals surface area contributed by atoms with Gasteiger partial charge in [-0.05, 0) is 13.0 Å². The maximum Gasteiger partial charge on any atom is 0.222 e. The lowest BCUT2D eigenvalue weighted by Gasteiger charge is -2.10. The first-order chi connectivity index (χ1) is 7.70. The molecule has 1 aromatic heterocycles. The molecule has 0 saturated carbocycles. The van der Waals surface area contributed by atoms with Crippen molar-refractivity contribution in [2.75, 3.05) is 27.2 Å². The molecule has 5 heteroatoms. The third kappa shape index (κ3) is 4.93. The van der Waals surface area contributed by atoms with Gasteiger partial charge in [-0.25, -0.2) is 4.98 Å². The van der Waals surface area contributed by atoms with Crippen LogP contribution in [-0.4, -0.2) is 47.5 Å². The summed E-state index contributed by atoms with van der Waals surface area (Å²) in [5, 5.41) is 3.30. The number of aromatic nitrogens is 2. The predicted molar refractivity (Wildman–Crippen MR) is 63.0 cm³/mol. The molecule has 0 atom stereocenters. The van der Waals surface area contributed by atoms with Crippen molar-refractivity contribution in [2.45, 2.75) is 19.4 Å². The van der Waals surface area contributed by atoms with Gasteiger partial charge in [0.05, 0.1) is 6.33 Å². The Kier molecular flexibility index (Phi) is 5.56. The van der Waals surface area contributed by atoms with Crippen molar-refractivity contribution in [3.63, 3.8) is 0 Å². The van der Waals surface area contributed by atoms with Crippen LogP contribution in [0.3, 0.4) is 0 Å². The summed E-state index contributed by atoms with van der Waals surface area (Å²) < 4.78 is 2.03. The van der Waals surface area contributed by atoms with Gasteiger partial charge in [-0.1, -0.05) is 0 Å². The van der Waals surface area contributed by atoms with Gasteiger partial charge in [0.2, 0.25) is 5.91 Å². The third-order valence-electron chi connectivity index (χ3n) is 2.35. The highest BCUT2D eigenvalue weighted by atomic mass is 16.2. The molecule has 0 radical (unpaired) electrons. The van der Waals surface area contributed by atoms with Gasteiger partial charge in [0.15, 0.2) is 0 Å². The quantitative estimate of drug-likeness (QED) is 0.680. The Balaban J connectivity index is 1.94. The molecule has 0 unspecified atom stereocenters. The number of amides is 1. The van der Waals surface area contributed by atoms with E-state index in [1.54, 1.807) is 31.5 Å². The zero-order valence-electron chi connectivity index (χ0n) is 10.0. The number of nitrogens with zero attached hydrogens (tertiary/aromatic N) is 3. The molecular formula is C11H20N4O. The van der Waals surface area contributed by atoms with Gasteiger partial charge in [0, 0.05) is 46.0 Å². The molecule has 0 fully saturated rings. The highest BCUT2D eigenvalue weighted by molar-refractivity contribution is 5.75. The molecule has 0 aliphatic carbocycles. The lowest BCUT2D eigenvalue weighted by molar-refractivity contribution is -0.128. The van der Waals surface area contributed by atoms with Gasteiger partial charge in [-0.15, -0.1) is 0 Å². The fourth-order valence-electron chi connectivity index (χ4n) is 1.34. The van der Waals surface area contributed by atoms with E-state index in [9.17, 15) is 4.79 Å². The number of hydrogen-bond donors (Lipinski definition) is 1. The summed E-state index contributed by atoms with van der Waals surface area (Å²) in [5.41, 5.74) is 0. The van der Waals surface area contributed by atoms with Crippen LogP contribution >= 0.6 is 0 Å². The van der Waals surface area contributed by atoms with Crippen molar-refractivity contribution >= 4 is 5.91 Å². The fraction of sp³-hybridized carbons (Fsp3) is 0.636. The summed E-state index contributed by atoms with van der Waals surface area (Å²) in [6.07, 6.45) is 7.02. The van der Waals surface area contributed by atoms with Gasteiger partial charge in [0.25, 0.3) is 0 Å². The third-order valence-corrected chi connectivity index (χ3v) is 2.35. The summed E-state index contributed by atoms with van der Waals surface area (Å²) in [7, 11) is 3.57. The number of rotatable bonds is 7. The Morgan fingerprint density at radius 1 is 1.44 bits per heavy atom. The molecule has 0 saturated heterocycles. The Labute approximate surface area is 96.5 Å². The second kappa shape index (κ2) is 7.00. The maximum absolute atomic E-state index is 11.2. The van der Waals surface area contributed by atoms with Crippen LogP contribution in [0.2, 0.25) is 0 Å². The lowest BCUT2D eigenvalue weighted by atomic mass is 10.3. The monoisotopic (exact) mass is 224 g/mol. The summed E-state index contributed by atoms with van der Waals surface area (Å²) in [5.74, 6) is 0.191. The summed E-state index contributed by atoms with van der Waals surface area (Å²) >= 11 is 0. The smallest absolute Gasteiger partial charge is 0.222 e. The van der Waals surface area contributed by atoms with Gasteiger partial charge < -0.3 is 14.8 Å². The first-order valence-corrected chi connectivity index (χ1v) is 5.57. The van der Waals surface area contributed by atoms with Crippen LogP contribution in [-0.2, 0) is 11.3 Å². The zero-order chi connectivity index (χ0) is 11.8. The maximum atomic E-state index is 11.2. The van der Waals surface area contributed by atoms with Crippen molar-refractivity contribution in [1.29, 1.82) is 0 Å². The average molecular weight is 224 g/mol. The van der Waals surface area contributed by atoms with Crippen molar-refractivity contribution in [1.82, 2.24) is 19.8 Å². The molecule has 0 bridgehead atoms. The minimum atomic E-state index is 0.191. The normalized spacial score (nSPS) is 10.4. The van der Waals surface area contributed by atoms with Crippen LogP contribution < -0.4 is 5.32 Å². The number of carbonyl (C=O) groups is 1. The van der Waals surface area contributed by atoms with Gasteiger partial charge >= 0.3 is 0 Å². The van der Waals surface area contributed by atoms with Gasteiger partial charge in [-0.2, -0.15) is 0 Å². The first kappa shape index (κ1) is 12.7. The molecule has 1 amide bonds. The van der Waals surface area contributed by atoms with E-state index in [0.29, 0.717) is 6.42 Å². The standard InChI is InChI=1S/C11H20N4O/c1-14(2)11(16)4-3-5-12-6-8-15-9-7-13-10-15/h7,9-10,12H,3-6,8H2,1-2H3. The van der Waals surface area contributed by atoms with Crippen molar-refractivity contribution in [3.8, 4) is 0 Å². The van der Waals surface area contributed by atoms with E-state index in [4.69, 9.17) is 0 Å². The average Bonchev–Trinajstić information content (AvgIpc) is 2.75. The second-order valence-electron chi connectivity index (χ2n) is 3.94. The van der Waals surface area contributed by atoms with Crippen LogP contribution in [0.1, 0.15) is 12.8 Å². The number of hydrogen-bond acceptors (Lipinski definition) is 3. The molecule has 90 valence electrons. The van der Waals surface area contributed by atoms with Crippen LogP contribution in [0.4, 0.5) is 0 Å². The molecule has 1 N–H and O–H groups in total. The minimum absolute atomic E-state index is 0.191. The fourth-order valence-corrected chi connectivity index (χ4v) is 1.34. The molecule has 1 heterocycles. The van der Waals surface area contributed by atoms with E-state index in [1.807, 2.05) is 10.8 Å². The molecule has 0 aromatic carbocycles. The van der Waals surface area contributed by atoms with Gasteiger partial charge in [-0.3, -0.25) is 4.79 Å². The van der Waals surface area contributed by atoms with Crippen LogP contribution in [0.15, 0.2) is 18.7 Å². The number of carbonyl (C=O) groups excluding carboxylic acids is 1. The largest absolute Gasteiger partial charge is 0.349 e. The predicted octanol–water partition coefficient (Wildman–Crippen LogP) is 0.341. The SMILES string of the molecule is CN(C)C(=O)CCCNCCn1ccnc1. The number of nitrogens with one attached hydrogen (secondary N) is 1. The van der Waals surface area contributed by atoms with Crippen LogP contribution in [0, 0.1) is 0 Å². The first-order valence-electron chi connectivity index (χ1n) is 5.57. The van der Waals surface area contributed by atoms with E-state index >= 15 is 0 Å². The van der Waals surface area contributed by atoms with E-state index in [0.717, 1.165) is 26.1 Å². The van der Waals surface area contributed by atoms with Crippen LogP contribution in [0.5, 0.6) is 0 Å².